The van der Waals surface area contributed by atoms with Gasteiger partial charge in [-0.3, -0.25) is 9.59 Å². The number of aliphatic carboxylic acids is 2. The lowest BCUT2D eigenvalue weighted by Crippen LogP contribution is -2.51. The van der Waals surface area contributed by atoms with Gasteiger partial charge < -0.3 is 20.7 Å². The van der Waals surface area contributed by atoms with Crippen LogP contribution in [0.2, 0.25) is 0 Å². The van der Waals surface area contributed by atoms with Crippen molar-refractivity contribution in [3.8, 4) is 11.5 Å². The molecule has 4 N–H and O–H groups in total. The first kappa shape index (κ1) is 17.9. The maximum Gasteiger partial charge on any atom is 0.324 e. The summed E-state index contributed by atoms with van der Waals surface area (Å²) in [6.07, 6.45) is 0.915. The molecule has 0 bridgehead atoms. The molecule has 0 amide bonds. The summed E-state index contributed by atoms with van der Waals surface area (Å²) in [5.41, 5.74) is 5.45. The van der Waals surface area contributed by atoms with Gasteiger partial charge in [0.05, 0.1) is 5.92 Å². The molecule has 3 rings (SSSR count). The molecule has 6 nitrogen and oxygen atoms in total. The van der Waals surface area contributed by atoms with Crippen molar-refractivity contribution in [2.75, 3.05) is 0 Å². The van der Waals surface area contributed by atoms with Gasteiger partial charge in [0.15, 0.2) is 0 Å². The highest BCUT2D eigenvalue weighted by atomic mass is 16.5. The summed E-state index contributed by atoms with van der Waals surface area (Å²) in [5.74, 6) is -1.95. The average Bonchev–Trinajstić information content (AvgIpc) is 3.42. The van der Waals surface area contributed by atoms with Gasteiger partial charge in [0, 0.05) is 5.92 Å². The molecule has 3 atom stereocenters. The molecule has 2 aromatic rings. The maximum atomic E-state index is 11.7. The third-order valence-electron chi connectivity index (χ3n) is 4.87. The van der Waals surface area contributed by atoms with Gasteiger partial charge in [0.2, 0.25) is 0 Å². The zero-order valence-corrected chi connectivity index (χ0v) is 14.2. The van der Waals surface area contributed by atoms with E-state index in [0.29, 0.717) is 24.3 Å². The lowest BCUT2D eigenvalue weighted by molar-refractivity contribution is -0.145. The molecule has 1 aliphatic rings. The van der Waals surface area contributed by atoms with E-state index in [1.165, 1.54) is 0 Å². The Morgan fingerprint density at radius 1 is 1.08 bits per heavy atom. The largest absolute Gasteiger partial charge is 0.481 e. The van der Waals surface area contributed by atoms with Crippen LogP contribution in [0.4, 0.5) is 0 Å². The average molecular weight is 355 g/mol. The second kappa shape index (κ2) is 7.17. The van der Waals surface area contributed by atoms with Gasteiger partial charge in [-0.2, -0.15) is 0 Å². The summed E-state index contributed by atoms with van der Waals surface area (Å²) in [7, 11) is 0. The molecule has 136 valence electrons. The van der Waals surface area contributed by atoms with Crippen molar-refractivity contribution in [2.45, 2.75) is 24.8 Å². The van der Waals surface area contributed by atoms with E-state index in [0.717, 1.165) is 5.56 Å². The molecule has 1 aliphatic carbocycles. The fourth-order valence-electron chi connectivity index (χ4n) is 3.23. The Bertz CT molecular complexity index is 807. The predicted molar refractivity (Wildman–Crippen MR) is 95.1 cm³/mol. The monoisotopic (exact) mass is 355 g/mol. The molecule has 0 saturated heterocycles. The van der Waals surface area contributed by atoms with Crippen LogP contribution in [-0.2, 0) is 16.0 Å². The van der Waals surface area contributed by atoms with Gasteiger partial charge >= 0.3 is 11.9 Å². The minimum atomic E-state index is -1.53. The summed E-state index contributed by atoms with van der Waals surface area (Å²) < 4.78 is 5.78. The Hall–Kier alpha value is -2.86. The molecule has 1 fully saturated rings. The summed E-state index contributed by atoms with van der Waals surface area (Å²) in [6, 6.07) is 16.7. The first-order chi connectivity index (χ1) is 12.4. The molecule has 0 radical (unpaired) electrons. The van der Waals surface area contributed by atoms with Gasteiger partial charge in [-0.15, -0.1) is 0 Å². The van der Waals surface area contributed by atoms with Gasteiger partial charge in [0.1, 0.15) is 17.0 Å². The molecule has 1 unspecified atom stereocenters. The fourth-order valence-corrected chi connectivity index (χ4v) is 3.23. The minimum Gasteiger partial charge on any atom is -0.481 e. The number of benzene rings is 2. The van der Waals surface area contributed by atoms with E-state index in [1.54, 1.807) is 0 Å². The molecule has 6 heteroatoms. The molecular formula is C20H21NO5. The van der Waals surface area contributed by atoms with Crippen LogP contribution in [0.5, 0.6) is 11.5 Å². The first-order valence-corrected chi connectivity index (χ1v) is 8.47. The number of carboxylic acid groups (broad SMARTS) is 2. The number of nitrogens with two attached hydrogens (primary N) is 1. The van der Waals surface area contributed by atoms with Crippen LogP contribution >= 0.6 is 0 Å². The van der Waals surface area contributed by atoms with E-state index in [-0.39, 0.29) is 6.42 Å². The zero-order valence-electron chi connectivity index (χ0n) is 14.2. The van der Waals surface area contributed by atoms with Crippen molar-refractivity contribution in [3.63, 3.8) is 0 Å². The lowest BCUT2D eigenvalue weighted by atomic mass is 9.86. The lowest BCUT2D eigenvalue weighted by Gasteiger charge is -2.25. The number of hydrogen-bond donors (Lipinski definition) is 3. The van der Waals surface area contributed by atoms with E-state index in [9.17, 15) is 14.7 Å². The van der Waals surface area contributed by atoms with Gasteiger partial charge in [-0.1, -0.05) is 30.3 Å². The highest BCUT2D eigenvalue weighted by Crippen LogP contribution is 2.47. The van der Waals surface area contributed by atoms with Crippen LogP contribution in [0, 0.1) is 11.8 Å². The normalized spacial score (nSPS) is 20.8. The third-order valence-corrected chi connectivity index (χ3v) is 4.87. The number of ether oxygens (including phenoxy) is 1. The quantitative estimate of drug-likeness (QED) is 0.671. The number of para-hydroxylation sites is 1. The van der Waals surface area contributed by atoms with Gasteiger partial charge in [-0.05, 0) is 49.1 Å². The molecule has 0 heterocycles. The maximum absolute atomic E-state index is 11.7. The summed E-state index contributed by atoms with van der Waals surface area (Å²) >= 11 is 0. The SMILES string of the molecule is N[C@@](CCc1cccc(Oc2ccccc2)c1)(C(=O)O)C1C[C@@H]1C(=O)O. The highest BCUT2D eigenvalue weighted by Gasteiger charge is 2.57. The highest BCUT2D eigenvalue weighted by molar-refractivity contribution is 5.83. The number of rotatable bonds is 8. The molecular weight excluding hydrogens is 334 g/mol. The van der Waals surface area contributed by atoms with Crippen molar-refractivity contribution in [1.29, 1.82) is 0 Å². The molecule has 0 aliphatic heterocycles. The van der Waals surface area contributed by atoms with Crippen molar-refractivity contribution in [2.24, 2.45) is 17.6 Å². The fraction of sp³-hybridized carbons (Fsp3) is 0.300. The zero-order chi connectivity index (χ0) is 18.7. The van der Waals surface area contributed by atoms with Gasteiger partial charge in [-0.25, -0.2) is 0 Å². The van der Waals surface area contributed by atoms with Crippen LogP contribution in [0.25, 0.3) is 0 Å². The standard InChI is InChI=1S/C20H21NO5/c21-20(19(24)25,17-12-16(17)18(22)23)10-9-13-5-4-8-15(11-13)26-14-6-2-1-3-7-14/h1-8,11,16-17H,9-10,12,21H2,(H,22,23)(H,24,25)/t16-,17?,20+/m0/s1. The Morgan fingerprint density at radius 3 is 2.38 bits per heavy atom. The molecule has 1 saturated carbocycles. The number of aryl methyl sites for hydroxylation is 1. The van der Waals surface area contributed by atoms with Crippen LogP contribution < -0.4 is 10.5 Å². The topological polar surface area (TPSA) is 110 Å². The summed E-state index contributed by atoms with van der Waals surface area (Å²) in [6.45, 7) is 0. The van der Waals surface area contributed by atoms with Crippen molar-refractivity contribution >= 4 is 11.9 Å². The Balaban J connectivity index is 1.67. The van der Waals surface area contributed by atoms with E-state index in [2.05, 4.69) is 0 Å². The Morgan fingerprint density at radius 2 is 1.77 bits per heavy atom. The molecule has 26 heavy (non-hydrogen) atoms. The number of carbonyl (C=O) groups is 2. The van der Waals surface area contributed by atoms with E-state index in [4.69, 9.17) is 15.6 Å². The van der Waals surface area contributed by atoms with E-state index in [1.807, 2.05) is 54.6 Å². The van der Waals surface area contributed by atoms with Crippen molar-refractivity contribution in [1.82, 2.24) is 0 Å². The van der Waals surface area contributed by atoms with Crippen LogP contribution in [0.15, 0.2) is 54.6 Å². The first-order valence-electron chi connectivity index (χ1n) is 8.47. The second-order valence-corrected chi connectivity index (χ2v) is 6.69. The smallest absolute Gasteiger partial charge is 0.324 e. The van der Waals surface area contributed by atoms with Crippen molar-refractivity contribution < 1.29 is 24.5 Å². The Labute approximate surface area is 151 Å². The number of hydrogen-bond acceptors (Lipinski definition) is 4. The van der Waals surface area contributed by atoms with E-state index >= 15 is 0 Å². The van der Waals surface area contributed by atoms with Crippen LogP contribution in [0.1, 0.15) is 18.4 Å². The predicted octanol–water partition coefficient (Wildman–Crippen LogP) is 2.91. The van der Waals surface area contributed by atoms with Crippen molar-refractivity contribution in [3.05, 3.63) is 60.2 Å². The van der Waals surface area contributed by atoms with Crippen LogP contribution in [0.3, 0.4) is 0 Å². The molecule has 2 aromatic carbocycles. The molecule has 0 spiro atoms. The Kier molecular flexibility index (Phi) is 4.95. The number of carboxylic acids is 2. The molecule has 0 aromatic heterocycles. The van der Waals surface area contributed by atoms with Gasteiger partial charge in [0.25, 0.3) is 0 Å². The summed E-state index contributed by atoms with van der Waals surface area (Å²) in [4.78, 5) is 22.7. The summed E-state index contributed by atoms with van der Waals surface area (Å²) in [5, 5.41) is 18.6. The van der Waals surface area contributed by atoms with E-state index < -0.39 is 29.3 Å². The third kappa shape index (κ3) is 3.86. The second-order valence-electron chi connectivity index (χ2n) is 6.69. The minimum absolute atomic E-state index is 0.172. The van der Waals surface area contributed by atoms with Crippen LogP contribution in [-0.4, -0.2) is 27.7 Å².